The Kier molecular flexibility index (Phi) is 6.19. The zero-order chi connectivity index (χ0) is 16.8. The molecule has 120 valence electrons. The molecular formula is C17H16BrClN2O2. The zero-order valence-electron chi connectivity index (χ0n) is 12.6. The van der Waals surface area contributed by atoms with Gasteiger partial charge in [0.2, 0.25) is 11.8 Å². The lowest BCUT2D eigenvalue weighted by molar-refractivity contribution is -0.117. The molecule has 4 nitrogen and oxygen atoms in total. The molecule has 0 unspecified atom stereocenters. The van der Waals surface area contributed by atoms with Crippen LogP contribution in [0.1, 0.15) is 13.3 Å². The lowest BCUT2D eigenvalue weighted by atomic mass is 10.2. The summed E-state index contributed by atoms with van der Waals surface area (Å²) >= 11 is 9.26. The van der Waals surface area contributed by atoms with Gasteiger partial charge in [0.05, 0.1) is 0 Å². The van der Waals surface area contributed by atoms with Crippen LogP contribution in [0.2, 0.25) is 5.02 Å². The van der Waals surface area contributed by atoms with Crippen molar-refractivity contribution in [1.82, 2.24) is 0 Å². The van der Waals surface area contributed by atoms with E-state index < -0.39 is 0 Å². The summed E-state index contributed by atoms with van der Waals surface area (Å²) in [6.07, 6.45) is 0.193. The average Bonchev–Trinajstić information content (AvgIpc) is 2.47. The maximum Gasteiger partial charge on any atom is 0.226 e. The van der Waals surface area contributed by atoms with Crippen molar-refractivity contribution < 1.29 is 9.59 Å². The molecule has 0 bridgehead atoms. The highest BCUT2D eigenvalue weighted by Gasteiger charge is 2.14. The number of rotatable bonds is 5. The van der Waals surface area contributed by atoms with E-state index in [0.29, 0.717) is 17.3 Å². The first-order chi connectivity index (χ1) is 11.0. The third-order valence-electron chi connectivity index (χ3n) is 3.17. The van der Waals surface area contributed by atoms with Gasteiger partial charge in [0, 0.05) is 40.8 Å². The van der Waals surface area contributed by atoms with Crippen LogP contribution in [0.25, 0.3) is 0 Å². The second kappa shape index (κ2) is 8.13. The number of hydrogen-bond acceptors (Lipinski definition) is 2. The van der Waals surface area contributed by atoms with Crippen molar-refractivity contribution >= 4 is 50.7 Å². The normalized spacial score (nSPS) is 10.2. The predicted molar refractivity (Wildman–Crippen MR) is 96.9 cm³/mol. The Bertz CT molecular complexity index is 721. The zero-order valence-corrected chi connectivity index (χ0v) is 14.9. The van der Waals surface area contributed by atoms with E-state index in [9.17, 15) is 9.59 Å². The van der Waals surface area contributed by atoms with Crippen LogP contribution in [-0.4, -0.2) is 18.4 Å². The molecule has 0 aliphatic heterocycles. The maximum absolute atomic E-state index is 12.0. The van der Waals surface area contributed by atoms with Crippen molar-refractivity contribution in [2.45, 2.75) is 13.3 Å². The molecule has 0 saturated heterocycles. The van der Waals surface area contributed by atoms with Crippen molar-refractivity contribution in [3.63, 3.8) is 0 Å². The van der Waals surface area contributed by atoms with Crippen molar-refractivity contribution in [2.24, 2.45) is 0 Å². The molecule has 1 N–H and O–H groups in total. The molecule has 2 aromatic rings. The summed E-state index contributed by atoms with van der Waals surface area (Å²) in [6, 6.07) is 14.4. The minimum Gasteiger partial charge on any atom is -0.326 e. The standard InChI is InChI=1S/C17H16BrClN2O2/c1-12(22)21(16-7-2-4-13(18)10-16)9-8-17(23)20-15-6-3-5-14(19)11-15/h2-7,10-11H,8-9H2,1H3,(H,20,23). The van der Waals surface area contributed by atoms with E-state index in [2.05, 4.69) is 21.2 Å². The van der Waals surface area contributed by atoms with Gasteiger partial charge in [-0.25, -0.2) is 0 Å². The molecule has 0 radical (unpaired) electrons. The molecule has 0 spiro atoms. The first kappa shape index (κ1) is 17.5. The van der Waals surface area contributed by atoms with E-state index in [1.165, 1.54) is 6.92 Å². The lowest BCUT2D eigenvalue weighted by Crippen LogP contribution is -2.31. The van der Waals surface area contributed by atoms with Crippen LogP contribution in [0.5, 0.6) is 0 Å². The van der Waals surface area contributed by atoms with Crippen LogP contribution >= 0.6 is 27.5 Å². The predicted octanol–water partition coefficient (Wildman–Crippen LogP) is 4.48. The van der Waals surface area contributed by atoms with E-state index in [0.717, 1.165) is 10.2 Å². The number of amides is 2. The molecule has 0 aromatic heterocycles. The maximum atomic E-state index is 12.0. The Morgan fingerprint density at radius 3 is 2.57 bits per heavy atom. The van der Waals surface area contributed by atoms with E-state index >= 15 is 0 Å². The number of halogens is 2. The summed E-state index contributed by atoms with van der Waals surface area (Å²) in [5, 5.41) is 3.33. The van der Waals surface area contributed by atoms with Crippen LogP contribution in [-0.2, 0) is 9.59 Å². The Labute approximate surface area is 148 Å². The smallest absolute Gasteiger partial charge is 0.226 e. The highest BCUT2D eigenvalue weighted by Crippen LogP contribution is 2.20. The van der Waals surface area contributed by atoms with Crippen molar-refractivity contribution in [1.29, 1.82) is 0 Å². The number of hydrogen-bond donors (Lipinski definition) is 1. The van der Waals surface area contributed by atoms with Crippen LogP contribution in [0.4, 0.5) is 11.4 Å². The Hall–Kier alpha value is -1.85. The van der Waals surface area contributed by atoms with E-state index in [1.807, 2.05) is 24.3 Å². The van der Waals surface area contributed by atoms with Crippen LogP contribution in [0.3, 0.4) is 0 Å². The number of carbonyl (C=O) groups is 2. The monoisotopic (exact) mass is 394 g/mol. The first-order valence-electron chi connectivity index (χ1n) is 7.05. The number of nitrogens with zero attached hydrogens (tertiary/aromatic N) is 1. The first-order valence-corrected chi connectivity index (χ1v) is 8.22. The van der Waals surface area contributed by atoms with Gasteiger partial charge in [0.25, 0.3) is 0 Å². The summed E-state index contributed by atoms with van der Waals surface area (Å²) in [6.45, 7) is 1.79. The summed E-state index contributed by atoms with van der Waals surface area (Å²) in [5.74, 6) is -0.285. The number of nitrogens with one attached hydrogen (secondary N) is 1. The van der Waals surface area contributed by atoms with Crippen molar-refractivity contribution in [3.05, 3.63) is 58.0 Å². The van der Waals surface area contributed by atoms with Crippen molar-refractivity contribution in [2.75, 3.05) is 16.8 Å². The highest BCUT2D eigenvalue weighted by molar-refractivity contribution is 9.10. The second-order valence-corrected chi connectivity index (χ2v) is 6.31. The lowest BCUT2D eigenvalue weighted by Gasteiger charge is -2.21. The summed E-state index contributed by atoms with van der Waals surface area (Å²) in [4.78, 5) is 25.5. The molecule has 0 heterocycles. The minimum absolute atomic E-state index is 0.112. The van der Waals surface area contributed by atoms with Gasteiger partial charge in [-0.3, -0.25) is 9.59 Å². The van der Waals surface area contributed by atoms with E-state index in [-0.39, 0.29) is 18.2 Å². The molecule has 0 aliphatic rings. The molecule has 2 aromatic carbocycles. The Morgan fingerprint density at radius 1 is 1.17 bits per heavy atom. The minimum atomic E-state index is -0.173. The van der Waals surface area contributed by atoms with Gasteiger partial charge in [0.1, 0.15) is 0 Å². The van der Waals surface area contributed by atoms with Gasteiger partial charge in [-0.15, -0.1) is 0 Å². The quantitative estimate of drug-likeness (QED) is 0.811. The molecule has 2 rings (SSSR count). The van der Waals surface area contributed by atoms with Crippen LogP contribution < -0.4 is 10.2 Å². The van der Waals surface area contributed by atoms with Crippen molar-refractivity contribution in [3.8, 4) is 0 Å². The van der Waals surface area contributed by atoms with Crippen LogP contribution in [0.15, 0.2) is 53.0 Å². The highest BCUT2D eigenvalue weighted by atomic mass is 79.9. The SMILES string of the molecule is CC(=O)N(CCC(=O)Nc1cccc(Cl)c1)c1cccc(Br)c1. The van der Waals surface area contributed by atoms with E-state index in [4.69, 9.17) is 11.6 Å². The average molecular weight is 396 g/mol. The van der Waals surface area contributed by atoms with Gasteiger partial charge in [-0.1, -0.05) is 39.7 Å². The number of anilines is 2. The van der Waals surface area contributed by atoms with Gasteiger partial charge in [-0.2, -0.15) is 0 Å². The molecular weight excluding hydrogens is 380 g/mol. The molecule has 0 saturated carbocycles. The Morgan fingerprint density at radius 2 is 1.91 bits per heavy atom. The Balaban J connectivity index is 1.99. The molecule has 2 amide bonds. The third-order valence-corrected chi connectivity index (χ3v) is 3.90. The number of benzene rings is 2. The van der Waals surface area contributed by atoms with Gasteiger partial charge < -0.3 is 10.2 Å². The topological polar surface area (TPSA) is 49.4 Å². The van der Waals surface area contributed by atoms with E-state index in [1.54, 1.807) is 29.2 Å². The summed E-state index contributed by atoms with van der Waals surface area (Å²) in [5.41, 5.74) is 1.39. The molecule has 23 heavy (non-hydrogen) atoms. The summed E-state index contributed by atoms with van der Waals surface area (Å²) in [7, 11) is 0. The molecule has 0 atom stereocenters. The van der Waals surface area contributed by atoms with Gasteiger partial charge >= 0.3 is 0 Å². The largest absolute Gasteiger partial charge is 0.326 e. The molecule has 6 heteroatoms. The fourth-order valence-electron chi connectivity index (χ4n) is 2.12. The van der Waals surface area contributed by atoms with Gasteiger partial charge in [-0.05, 0) is 36.4 Å². The third kappa shape index (κ3) is 5.37. The number of carbonyl (C=O) groups excluding carboxylic acids is 2. The molecule has 0 fully saturated rings. The van der Waals surface area contributed by atoms with Crippen LogP contribution in [0, 0.1) is 0 Å². The fraction of sp³-hybridized carbons (Fsp3) is 0.176. The molecule has 0 aliphatic carbocycles. The second-order valence-electron chi connectivity index (χ2n) is 4.96. The summed E-state index contributed by atoms with van der Waals surface area (Å²) < 4.78 is 0.879. The fourth-order valence-corrected chi connectivity index (χ4v) is 2.69. The van der Waals surface area contributed by atoms with Gasteiger partial charge in [0.15, 0.2) is 0 Å².